The van der Waals surface area contributed by atoms with E-state index in [1.54, 1.807) is 6.20 Å². The Balaban J connectivity index is 2.14. The van der Waals surface area contributed by atoms with Gasteiger partial charge in [0.15, 0.2) is 0 Å². The lowest BCUT2D eigenvalue weighted by atomic mass is 9.86. The SMILES string of the molecule is Cc1cccc(C)c1/C(=C/N)N(C)c1ccc(CC(C)(C)C)cc1-c1ccccc1. The molecule has 0 aromatic heterocycles. The Bertz CT molecular complexity index is 1020. The summed E-state index contributed by atoms with van der Waals surface area (Å²) in [6, 6.07) is 23.8. The minimum absolute atomic E-state index is 0.238. The summed E-state index contributed by atoms with van der Waals surface area (Å²) in [6.45, 7) is 11.1. The van der Waals surface area contributed by atoms with E-state index in [0.29, 0.717) is 0 Å². The fourth-order valence-electron chi connectivity index (χ4n) is 4.16. The third kappa shape index (κ3) is 4.76. The molecular weight excluding hydrogens is 364 g/mol. The predicted molar refractivity (Wildman–Crippen MR) is 132 cm³/mol. The Morgan fingerprint density at radius 2 is 1.53 bits per heavy atom. The lowest BCUT2D eigenvalue weighted by Crippen LogP contribution is -2.19. The van der Waals surface area contributed by atoms with Gasteiger partial charge in [-0.1, -0.05) is 75.4 Å². The first-order valence-corrected chi connectivity index (χ1v) is 10.6. The smallest absolute Gasteiger partial charge is 0.0644 e. The van der Waals surface area contributed by atoms with Gasteiger partial charge in [0.05, 0.1) is 5.70 Å². The van der Waals surface area contributed by atoms with Crippen molar-refractivity contribution in [1.82, 2.24) is 0 Å². The number of aryl methyl sites for hydroxylation is 2. The zero-order valence-electron chi connectivity index (χ0n) is 19.2. The van der Waals surface area contributed by atoms with E-state index in [4.69, 9.17) is 5.73 Å². The third-order valence-electron chi connectivity index (χ3n) is 5.50. The molecule has 3 aromatic carbocycles. The minimum Gasteiger partial charge on any atom is -0.403 e. The second kappa shape index (κ2) is 8.79. The maximum Gasteiger partial charge on any atom is 0.0644 e. The average molecular weight is 399 g/mol. The van der Waals surface area contributed by atoms with Crippen molar-refractivity contribution in [2.45, 2.75) is 41.0 Å². The summed E-state index contributed by atoms with van der Waals surface area (Å²) >= 11 is 0. The normalized spacial score (nSPS) is 12.1. The number of nitrogens with zero attached hydrogens (tertiary/aromatic N) is 1. The van der Waals surface area contributed by atoms with Crippen LogP contribution in [0.2, 0.25) is 0 Å². The van der Waals surface area contributed by atoms with Crippen LogP contribution in [0.25, 0.3) is 16.8 Å². The van der Waals surface area contributed by atoms with Gasteiger partial charge in [0.2, 0.25) is 0 Å². The Morgan fingerprint density at radius 1 is 0.900 bits per heavy atom. The van der Waals surface area contributed by atoms with Gasteiger partial charge >= 0.3 is 0 Å². The highest BCUT2D eigenvalue weighted by molar-refractivity contribution is 5.89. The molecule has 0 saturated heterocycles. The molecule has 0 bridgehead atoms. The van der Waals surface area contributed by atoms with E-state index in [1.165, 1.54) is 33.4 Å². The van der Waals surface area contributed by atoms with Crippen LogP contribution in [0, 0.1) is 19.3 Å². The van der Waals surface area contributed by atoms with Crippen molar-refractivity contribution in [3.8, 4) is 11.1 Å². The molecule has 0 aliphatic heterocycles. The molecule has 0 aliphatic carbocycles. The van der Waals surface area contributed by atoms with E-state index in [0.717, 1.165) is 17.8 Å². The lowest BCUT2D eigenvalue weighted by molar-refractivity contribution is 0.411. The Morgan fingerprint density at radius 3 is 2.10 bits per heavy atom. The summed E-state index contributed by atoms with van der Waals surface area (Å²) in [7, 11) is 2.11. The molecule has 156 valence electrons. The number of benzene rings is 3. The molecule has 0 spiro atoms. The van der Waals surface area contributed by atoms with Gasteiger partial charge in [-0.05, 0) is 60.1 Å². The van der Waals surface area contributed by atoms with Crippen molar-refractivity contribution in [3.63, 3.8) is 0 Å². The van der Waals surface area contributed by atoms with Gasteiger partial charge in [0, 0.05) is 30.1 Å². The van der Waals surface area contributed by atoms with E-state index in [9.17, 15) is 0 Å². The zero-order chi connectivity index (χ0) is 21.9. The van der Waals surface area contributed by atoms with Gasteiger partial charge in [-0.15, -0.1) is 0 Å². The number of anilines is 1. The largest absolute Gasteiger partial charge is 0.403 e. The Kier molecular flexibility index (Phi) is 6.36. The highest BCUT2D eigenvalue weighted by atomic mass is 15.1. The molecule has 0 aliphatic rings. The summed E-state index contributed by atoms with van der Waals surface area (Å²) in [5, 5.41) is 0. The molecule has 3 aromatic rings. The summed E-state index contributed by atoms with van der Waals surface area (Å²) in [5.74, 6) is 0. The standard InChI is InChI=1S/C28H34N2/c1-20-11-10-12-21(2)27(20)26(19-29)30(6)25-16-15-22(18-28(3,4)5)17-24(25)23-13-8-7-9-14-23/h7-17,19H,18,29H2,1-6H3/b26-19-. The fourth-order valence-corrected chi connectivity index (χ4v) is 4.16. The quantitative estimate of drug-likeness (QED) is 0.504. The van der Waals surface area contributed by atoms with Crippen molar-refractivity contribution in [3.05, 3.63) is 95.2 Å². The van der Waals surface area contributed by atoms with E-state index < -0.39 is 0 Å². The second-order valence-corrected chi connectivity index (χ2v) is 9.33. The second-order valence-electron chi connectivity index (χ2n) is 9.33. The van der Waals surface area contributed by atoms with Crippen LogP contribution in [0.5, 0.6) is 0 Å². The van der Waals surface area contributed by atoms with Crippen LogP contribution in [-0.2, 0) is 6.42 Å². The number of rotatable bonds is 5. The maximum absolute atomic E-state index is 6.18. The van der Waals surface area contributed by atoms with Crippen molar-refractivity contribution >= 4 is 11.4 Å². The molecule has 0 atom stereocenters. The average Bonchev–Trinajstić information content (AvgIpc) is 2.70. The van der Waals surface area contributed by atoms with E-state index in [2.05, 4.69) is 113 Å². The first-order chi connectivity index (χ1) is 14.2. The number of hydrogen-bond acceptors (Lipinski definition) is 2. The minimum atomic E-state index is 0.238. The van der Waals surface area contributed by atoms with Gasteiger partial charge in [-0.2, -0.15) is 0 Å². The molecule has 0 saturated carbocycles. The summed E-state index contributed by atoms with van der Waals surface area (Å²) in [6.07, 6.45) is 2.76. The molecular formula is C28H34N2. The molecule has 0 heterocycles. The lowest BCUT2D eigenvalue weighted by Gasteiger charge is -2.28. The van der Waals surface area contributed by atoms with Crippen molar-refractivity contribution in [1.29, 1.82) is 0 Å². The molecule has 0 radical (unpaired) electrons. The Labute approximate surface area is 182 Å². The molecule has 3 rings (SSSR count). The van der Waals surface area contributed by atoms with Gasteiger partial charge in [0.1, 0.15) is 0 Å². The highest BCUT2D eigenvalue weighted by Gasteiger charge is 2.19. The molecule has 0 unspecified atom stereocenters. The van der Waals surface area contributed by atoms with Crippen LogP contribution < -0.4 is 10.6 Å². The highest BCUT2D eigenvalue weighted by Crippen LogP contribution is 2.37. The maximum atomic E-state index is 6.18. The molecule has 2 N–H and O–H groups in total. The zero-order valence-corrected chi connectivity index (χ0v) is 19.2. The first-order valence-electron chi connectivity index (χ1n) is 10.6. The number of nitrogens with two attached hydrogens (primary N) is 1. The van der Waals surface area contributed by atoms with Crippen molar-refractivity contribution in [2.24, 2.45) is 11.1 Å². The van der Waals surface area contributed by atoms with Crippen LogP contribution in [0.3, 0.4) is 0 Å². The van der Waals surface area contributed by atoms with Crippen molar-refractivity contribution in [2.75, 3.05) is 11.9 Å². The van der Waals surface area contributed by atoms with E-state index >= 15 is 0 Å². The third-order valence-corrected chi connectivity index (χ3v) is 5.50. The predicted octanol–water partition coefficient (Wildman–Crippen LogP) is 6.95. The van der Waals surface area contributed by atoms with Gasteiger partial charge in [0.25, 0.3) is 0 Å². The number of hydrogen-bond donors (Lipinski definition) is 1. The van der Waals surface area contributed by atoms with E-state index in [1.807, 2.05) is 0 Å². The summed E-state index contributed by atoms with van der Waals surface area (Å²) in [4.78, 5) is 2.22. The monoisotopic (exact) mass is 398 g/mol. The topological polar surface area (TPSA) is 29.3 Å². The Hall–Kier alpha value is -3.00. The molecule has 0 amide bonds. The van der Waals surface area contributed by atoms with Crippen LogP contribution in [0.15, 0.2) is 72.9 Å². The van der Waals surface area contributed by atoms with Gasteiger partial charge in [-0.25, -0.2) is 0 Å². The van der Waals surface area contributed by atoms with Gasteiger partial charge < -0.3 is 10.6 Å². The summed E-state index contributed by atoms with van der Waals surface area (Å²) < 4.78 is 0. The van der Waals surface area contributed by atoms with Crippen molar-refractivity contribution < 1.29 is 0 Å². The molecule has 2 heteroatoms. The van der Waals surface area contributed by atoms with Gasteiger partial charge in [-0.3, -0.25) is 0 Å². The molecule has 0 fully saturated rings. The summed E-state index contributed by atoms with van der Waals surface area (Å²) in [5.41, 5.74) is 16.0. The first kappa shape index (κ1) is 21.7. The fraction of sp³-hybridized carbons (Fsp3) is 0.286. The van der Waals surface area contributed by atoms with Crippen LogP contribution in [0.1, 0.15) is 43.0 Å². The van der Waals surface area contributed by atoms with Crippen LogP contribution in [-0.4, -0.2) is 7.05 Å². The molecule has 30 heavy (non-hydrogen) atoms. The van der Waals surface area contributed by atoms with E-state index in [-0.39, 0.29) is 5.41 Å². The van der Waals surface area contributed by atoms with Crippen LogP contribution >= 0.6 is 0 Å². The van der Waals surface area contributed by atoms with Crippen LogP contribution in [0.4, 0.5) is 5.69 Å². The molecule has 2 nitrogen and oxygen atoms in total.